The number of carbonyl (C=O) groups excluding carboxylic acids is 3. The first kappa shape index (κ1) is 25.2. The third-order valence-corrected chi connectivity index (χ3v) is 6.33. The van der Waals surface area contributed by atoms with Gasteiger partial charge < -0.3 is 15.0 Å². The molecule has 2 aliphatic heterocycles. The number of imide groups is 1. The second-order valence-electron chi connectivity index (χ2n) is 10.3. The number of nitrogens with zero attached hydrogens (tertiary/aromatic N) is 1. The fourth-order valence-corrected chi connectivity index (χ4v) is 4.55. The number of rotatable bonds is 9. The minimum Gasteiger partial charge on any atom is -0.460 e. The summed E-state index contributed by atoms with van der Waals surface area (Å²) in [6.07, 6.45) is 6.79. The number of esters is 1. The smallest absolute Gasteiger partial charge is 0.306 e. The number of piperidine rings is 2. The number of likely N-dealkylation sites (tertiary alicyclic amines) is 1. The largest absolute Gasteiger partial charge is 0.460 e. The lowest BCUT2D eigenvalue weighted by Gasteiger charge is -2.32. The van der Waals surface area contributed by atoms with E-state index in [2.05, 4.69) is 27.7 Å². The molecule has 0 spiro atoms. The Bertz CT molecular complexity index is 808. The predicted molar refractivity (Wildman–Crippen MR) is 129 cm³/mol. The molecule has 1 unspecified atom stereocenters. The zero-order valence-electron chi connectivity index (χ0n) is 20.3. The molecule has 1 aromatic rings. The van der Waals surface area contributed by atoms with Gasteiger partial charge in [-0.1, -0.05) is 18.6 Å². The first-order valence-electron chi connectivity index (χ1n) is 12.3. The maximum atomic E-state index is 11.9. The van der Waals surface area contributed by atoms with Crippen molar-refractivity contribution in [3.8, 4) is 0 Å². The molecule has 0 saturated carbocycles. The Morgan fingerprint density at radius 1 is 1.06 bits per heavy atom. The average molecular weight is 458 g/mol. The molecule has 0 radical (unpaired) electrons. The van der Waals surface area contributed by atoms with Crippen molar-refractivity contribution in [1.82, 2.24) is 10.2 Å². The Morgan fingerprint density at radius 3 is 2.39 bits per heavy atom. The summed E-state index contributed by atoms with van der Waals surface area (Å²) in [5.41, 5.74) is 1.86. The molecule has 33 heavy (non-hydrogen) atoms. The molecule has 1 atom stereocenters. The first-order valence-corrected chi connectivity index (χ1v) is 12.3. The van der Waals surface area contributed by atoms with Crippen LogP contribution < -0.4 is 10.6 Å². The van der Waals surface area contributed by atoms with Gasteiger partial charge in [-0.3, -0.25) is 19.7 Å². The Hall–Kier alpha value is -2.41. The highest BCUT2D eigenvalue weighted by atomic mass is 16.6. The van der Waals surface area contributed by atoms with Crippen molar-refractivity contribution in [2.75, 3.05) is 25.0 Å². The maximum absolute atomic E-state index is 11.9. The third-order valence-electron chi connectivity index (χ3n) is 6.33. The molecule has 1 aromatic carbocycles. The van der Waals surface area contributed by atoms with Crippen LogP contribution in [-0.2, 0) is 19.1 Å². The molecule has 3 rings (SSSR count). The highest BCUT2D eigenvalue weighted by Crippen LogP contribution is 2.29. The fraction of sp³-hybridized carbons (Fsp3) is 0.654. The summed E-state index contributed by atoms with van der Waals surface area (Å²) >= 11 is 0. The molecule has 2 heterocycles. The normalized spacial score (nSPS) is 20.4. The molecular formula is C26H39N3O4. The van der Waals surface area contributed by atoms with Gasteiger partial charge in [0.2, 0.25) is 11.8 Å². The van der Waals surface area contributed by atoms with Crippen LogP contribution in [0.3, 0.4) is 0 Å². The van der Waals surface area contributed by atoms with Crippen molar-refractivity contribution in [3.05, 3.63) is 29.8 Å². The van der Waals surface area contributed by atoms with Gasteiger partial charge in [0.1, 0.15) is 11.6 Å². The van der Waals surface area contributed by atoms with Crippen molar-refractivity contribution in [1.29, 1.82) is 0 Å². The lowest BCUT2D eigenvalue weighted by molar-refractivity contribution is -0.155. The van der Waals surface area contributed by atoms with Crippen LogP contribution in [0.15, 0.2) is 24.3 Å². The van der Waals surface area contributed by atoms with E-state index in [1.807, 2.05) is 32.9 Å². The Labute approximate surface area is 197 Å². The summed E-state index contributed by atoms with van der Waals surface area (Å²) in [6, 6.07) is 8.05. The van der Waals surface area contributed by atoms with Gasteiger partial charge in [-0.05, 0) is 96.1 Å². The van der Waals surface area contributed by atoms with Gasteiger partial charge in [0, 0.05) is 18.5 Å². The summed E-state index contributed by atoms with van der Waals surface area (Å²) < 4.78 is 5.36. The quantitative estimate of drug-likeness (QED) is 0.331. The summed E-state index contributed by atoms with van der Waals surface area (Å²) in [4.78, 5) is 37.5. The minimum absolute atomic E-state index is 0.0957. The molecule has 2 saturated heterocycles. The van der Waals surface area contributed by atoms with Gasteiger partial charge in [-0.15, -0.1) is 0 Å². The number of hydrogen-bond acceptors (Lipinski definition) is 6. The molecule has 2 fully saturated rings. The number of hydrogen-bond donors (Lipinski definition) is 2. The summed E-state index contributed by atoms with van der Waals surface area (Å²) in [5, 5.41) is 5.62. The van der Waals surface area contributed by atoms with Gasteiger partial charge in [0.15, 0.2) is 0 Å². The van der Waals surface area contributed by atoms with E-state index in [1.54, 1.807) is 0 Å². The molecule has 2 N–H and O–H groups in total. The third kappa shape index (κ3) is 8.46. The summed E-state index contributed by atoms with van der Waals surface area (Å²) in [6.45, 7) is 9.01. The lowest BCUT2D eigenvalue weighted by Crippen LogP contribution is -2.47. The Kier molecular flexibility index (Phi) is 8.89. The Morgan fingerprint density at radius 2 is 1.76 bits per heavy atom. The summed E-state index contributed by atoms with van der Waals surface area (Å²) in [5.74, 6) is 0.0350. The summed E-state index contributed by atoms with van der Waals surface area (Å²) in [7, 11) is 0. The van der Waals surface area contributed by atoms with Crippen LogP contribution in [-0.4, -0.2) is 54.0 Å². The topological polar surface area (TPSA) is 87.7 Å². The minimum atomic E-state index is -0.397. The van der Waals surface area contributed by atoms with E-state index in [1.165, 1.54) is 5.56 Å². The molecule has 7 heteroatoms. The highest BCUT2D eigenvalue weighted by Gasteiger charge is 2.26. The van der Waals surface area contributed by atoms with E-state index in [9.17, 15) is 14.4 Å². The zero-order valence-corrected chi connectivity index (χ0v) is 20.3. The van der Waals surface area contributed by atoms with Crippen LogP contribution in [0.1, 0.15) is 83.6 Å². The van der Waals surface area contributed by atoms with Crippen LogP contribution >= 0.6 is 0 Å². The number of amides is 2. The molecular weight excluding hydrogens is 418 g/mol. The maximum Gasteiger partial charge on any atom is 0.306 e. The number of unbranched alkanes of at least 4 members (excludes halogenated alkanes) is 2. The second kappa shape index (κ2) is 11.6. The Balaban J connectivity index is 1.32. The van der Waals surface area contributed by atoms with Crippen LogP contribution in [0, 0.1) is 0 Å². The van der Waals surface area contributed by atoms with Crippen molar-refractivity contribution in [2.45, 2.75) is 89.7 Å². The highest BCUT2D eigenvalue weighted by molar-refractivity contribution is 6.01. The lowest BCUT2D eigenvalue weighted by atomic mass is 9.89. The number of benzene rings is 1. The number of carbonyl (C=O) groups is 3. The van der Waals surface area contributed by atoms with Crippen molar-refractivity contribution in [2.24, 2.45) is 0 Å². The van der Waals surface area contributed by atoms with Crippen LogP contribution in [0.5, 0.6) is 0 Å². The van der Waals surface area contributed by atoms with Crippen molar-refractivity contribution >= 4 is 23.5 Å². The molecule has 2 aliphatic rings. The van der Waals surface area contributed by atoms with Gasteiger partial charge in [0.05, 0.1) is 0 Å². The molecule has 0 bridgehead atoms. The van der Waals surface area contributed by atoms with Gasteiger partial charge in [0.25, 0.3) is 0 Å². The van der Waals surface area contributed by atoms with Crippen LogP contribution in [0.25, 0.3) is 0 Å². The van der Waals surface area contributed by atoms with Crippen molar-refractivity contribution < 1.29 is 19.1 Å². The molecule has 7 nitrogen and oxygen atoms in total. The zero-order chi connectivity index (χ0) is 23.8. The van der Waals surface area contributed by atoms with Gasteiger partial charge in [-0.25, -0.2) is 0 Å². The number of anilines is 1. The first-order chi connectivity index (χ1) is 15.7. The van der Waals surface area contributed by atoms with E-state index < -0.39 is 5.60 Å². The number of ether oxygens (including phenoxy) is 1. The van der Waals surface area contributed by atoms with Crippen LogP contribution in [0.2, 0.25) is 0 Å². The molecule has 0 aliphatic carbocycles. The monoisotopic (exact) mass is 457 g/mol. The molecule has 182 valence electrons. The molecule has 2 amide bonds. The van der Waals surface area contributed by atoms with Crippen molar-refractivity contribution in [3.63, 3.8) is 0 Å². The second-order valence-corrected chi connectivity index (χ2v) is 10.3. The van der Waals surface area contributed by atoms with Gasteiger partial charge >= 0.3 is 5.97 Å². The molecule has 0 aromatic heterocycles. The van der Waals surface area contributed by atoms with E-state index >= 15 is 0 Å². The fourth-order valence-electron chi connectivity index (χ4n) is 4.55. The van der Waals surface area contributed by atoms with E-state index in [-0.39, 0.29) is 23.8 Å². The standard InChI is InChI=1S/C26H39N3O4/c1-26(2,3)33-24(31)7-5-4-6-16-29-17-14-20(15-18-29)19-8-10-21(11-9-19)27-22-12-13-23(30)28-25(22)32/h8-11,20,22,27H,4-7,12-18H2,1-3H3,(H,28,30,32). The average Bonchev–Trinajstić information content (AvgIpc) is 2.75. The van der Waals surface area contributed by atoms with E-state index in [4.69, 9.17) is 4.74 Å². The predicted octanol–water partition coefficient (Wildman–Crippen LogP) is 3.99. The van der Waals surface area contributed by atoms with E-state index in [0.717, 1.165) is 57.4 Å². The SMILES string of the molecule is CC(C)(C)OC(=O)CCCCCN1CCC(c2ccc(NC3CCC(=O)NC3=O)cc2)CC1. The van der Waals surface area contributed by atoms with Crippen LogP contribution in [0.4, 0.5) is 5.69 Å². The van der Waals surface area contributed by atoms with E-state index in [0.29, 0.717) is 25.2 Å². The number of nitrogens with one attached hydrogen (secondary N) is 2. The van der Waals surface area contributed by atoms with Gasteiger partial charge in [-0.2, -0.15) is 0 Å².